The number of nitrogens with one attached hydrogen (secondary N) is 1. The third kappa shape index (κ3) is 4.33. The zero-order valence-corrected chi connectivity index (χ0v) is 16.5. The van der Waals surface area contributed by atoms with Crippen LogP contribution in [0.2, 0.25) is 0 Å². The number of benzene rings is 2. The van der Waals surface area contributed by atoms with Crippen LogP contribution in [0.4, 0.5) is 0 Å². The summed E-state index contributed by atoms with van der Waals surface area (Å²) in [5, 5.41) is 5.16. The maximum absolute atomic E-state index is 13.0. The van der Waals surface area contributed by atoms with Gasteiger partial charge in [-0.3, -0.25) is 9.69 Å². The maximum Gasteiger partial charge on any atom is 0.262 e. The van der Waals surface area contributed by atoms with E-state index < -0.39 is 0 Å². The van der Waals surface area contributed by atoms with Gasteiger partial charge in [0.15, 0.2) is 0 Å². The van der Waals surface area contributed by atoms with E-state index in [-0.39, 0.29) is 11.9 Å². The number of hydrogen-bond acceptors (Lipinski definition) is 4. The van der Waals surface area contributed by atoms with Crippen molar-refractivity contribution in [2.24, 2.45) is 0 Å². The lowest BCUT2D eigenvalue weighted by molar-refractivity contribution is 0.0162. The van der Waals surface area contributed by atoms with Crippen LogP contribution in [0.1, 0.15) is 21.3 Å². The first-order valence-electron chi connectivity index (χ1n) is 9.61. The van der Waals surface area contributed by atoms with Crippen LogP contribution in [0.3, 0.4) is 0 Å². The molecule has 1 atom stereocenters. The number of thiophene rings is 1. The summed E-state index contributed by atoms with van der Waals surface area (Å²) in [7, 11) is 0. The molecule has 1 aromatic heterocycles. The number of nitrogens with zero attached hydrogens (tertiary/aromatic N) is 1. The van der Waals surface area contributed by atoms with E-state index in [9.17, 15) is 4.79 Å². The number of carbonyl (C=O) groups is 1. The Morgan fingerprint density at radius 1 is 1.00 bits per heavy atom. The van der Waals surface area contributed by atoms with Gasteiger partial charge in [0.25, 0.3) is 5.91 Å². The molecule has 0 bridgehead atoms. The Kier molecular flexibility index (Phi) is 6.17. The standard InChI is InChI=1S/C23H24N2O2S/c26-23(22-20(11-16-28-22)18-7-3-1-4-8-18)24-17-21(19-9-5-2-6-10-19)25-12-14-27-15-13-25/h1-11,16,21H,12-15,17H2,(H,24,26). The summed E-state index contributed by atoms with van der Waals surface area (Å²) in [5.74, 6) is -0.0111. The molecule has 1 saturated heterocycles. The molecule has 0 saturated carbocycles. The van der Waals surface area contributed by atoms with Gasteiger partial charge in [0, 0.05) is 25.2 Å². The van der Waals surface area contributed by atoms with E-state index in [0.29, 0.717) is 6.54 Å². The van der Waals surface area contributed by atoms with Gasteiger partial charge in [-0.2, -0.15) is 0 Å². The average Bonchev–Trinajstić information content (AvgIpc) is 3.26. The smallest absolute Gasteiger partial charge is 0.262 e. The predicted octanol–water partition coefficient (Wildman–Crippen LogP) is 4.22. The molecule has 1 amide bonds. The second-order valence-corrected chi connectivity index (χ2v) is 7.73. The lowest BCUT2D eigenvalue weighted by Gasteiger charge is -2.34. The first-order valence-corrected chi connectivity index (χ1v) is 10.5. The van der Waals surface area contributed by atoms with Gasteiger partial charge >= 0.3 is 0 Å². The van der Waals surface area contributed by atoms with Crippen molar-refractivity contribution in [3.63, 3.8) is 0 Å². The number of ether oxygens (including phenoxy) is 1. The van der Waals surface area contributed by atoms with Crippen molar-refractivity contribution < 1.29 is 9.53 Å². The zero-order chi connectivity index (χ0) is 19.2. The molecule has 1 fully saturated rings. The summed E-state index contributed by atoms with van der Waals surface area (Å²) in [4.78, 5) is 16.1. The Morgan fingerprint density at radius 2 is 1.68 bits per heavy atom. The molecule has 2 heterocycles. The number of rotatable bonds is 6. The van der Waals surface area contributed by atoms with E-state index in [2.05, 4.69) is 34.5 Å². The van der Waals surface area contributed by atoms with Crippen molar-refractivity contribution in [2.45, 2.75) is 6.04 Å². The summed E-state index contributed by atoms with van der Waals surface area (Å²) >= 11 is 1.49. The maximum atomic E-state index is 13.0. The fourth-order valence-corrected chi connectivity index (χ4v) is 4.45. The van der Waals surface area contributed by atoms with E-state index >= 15 is 0 Å². The summed E-state index contributed by atoms with van der Waals surface area (Å²) < 4.78 is 5.51. The number of carbonyl (C=O) groups excluding carboxylic acids is 1. The lowest BCUT2D eigenvalue weighted by atomic mass is 10.0. The van der Waals surface area contributed by atoms with Gasteiger partial charge in [-0.15, -0.1) is 11.3 Å². The molecule has 1 aliphatic heterocycles. The SMILES string of the molecule is O=C(NCC(c1ccccc1)N1CCOCC1)c1sccc1-c1ccccc1. The topological polar surface area (TPSA) is 41.6 Å². The first kappa shape index (κ1) is 18.9. The Hall–Kier alpha value is -2.47. The van der Waals surface area contributed by atoms with Gasteiger partial charge in [-0.1, -0.05) is 60.7 Å². The minimum absolute atomic E-state index is 0.0111. The highest BCUT2D eigenvalue weighted by atomic mass is 32.1. The number of morpholine rings is 1. The Balaban J connectivity index is 1.50. The van der Waals surface area contributed by atoms with Crippen LogP contribution in [0, 0.1) is 0 Å². The normalized spacial score (nSPS) is 15.9. The molecule has 3 aromatic rings. The average molecular weight is 393 g/mol. The Bertz CT molecular complexity index is 889. The lowest BCUT2D eigenvalue weighted by Crippen LogP contribution is -2.43. The quantitative estimate of drug-likeness (QED) is 0.683. The molecule has 0 spiro atoms. The monoisotopic (exact) mass is 392 g/mol. The second-order valence-electron chi connectivity index (χ2n) is 6.81. The third-order valence-corrected chi connectivity index (χ3v) is 6.00. The van der Waals surface area contributed by atoms with Gasteiger partial charge in [0.1, 0.15) is 0 Å². The van der Waals surface area contributed by atoms with Gasteiger partial charge < -0.3 is 10.1 Å². The summed E-state index contributed by atoms with van der Waals surface area (Å²) in [6, 6.07) is 22.6. The molecule has 144 valence electrons. The van der Waals surface area contributed by atoms with Crippen LogP contribution >= 0.6 is 11.3 Å². The van der Waals surface area contributed by atoms with E-state index in [0.717, 1.165) is 42.3 Å². The predicted molar refractivity (Wildman–Crippen MR) is 114 cm³/mol. The summed E-state index contributed by atoms with van der Waals surface area (Å²) in [5.41, 5.74) is 3.28. The minimum Gasteiger partial charge on any atom is -0.379 e. The highest BCUT2D eigenvalue weighted by Crippen LogP contribution is 2.28. The van der Waals surface area contributed by atoms with Crippen molar-refractivity contribution in [2.75, 3.05) is 32.8 Å². The van der Waals surface area contributed by atoms with E-state index in [1.165, 1.54) is 16.9 Å². The molecule has 1 aliphatic rings. The van der Waals surface area contributed by atoms with Gasteiger partial charge in [0.05, 0.1) is 24.1 Å². The Morgan fingerprint density at radius 3 is 2.39 bits per heavy atom. The van der Waals surface area contributed by atoms with Crippen LogP contribution in [0.5, 0.6) is 0 Å². The molecule has 1 N–H and O–H groups in total. The first-order chi connectivity index (χ1) is 13.8. The summed E-state index contributed by atoms with van der Waals surface area (Å²) in [6.45, 7) is 3.81. The van der Waals surface area contributed by atoms with Crippen molar-refractivity contribution in [1.82, 2.24) is 10.2 Å². The largest absolute Gasteiger partial charge is 0.379 e. The van der Waals surface area contributed by atoms with Crippen LogP contribution < -0.4 is 5.32 Å². The molecule has 0 radical (unpaired) electrons. The van der Waals surface area contributed by atoms with Crippen molar-refractivity contribution in [3.05, 3.63) is 82.6 Å². The van der Waals surface area contributed by atoms with E-state index in [4.69, 9.17) is 4.74 Å². The Labute approximate surface area is 169 Å². The van der Waals surface area contributed by atoms with Crippen molar-refractivity contribution in [1.29, 1.82) is 0 Å². The van der Waals surface area contributed by atoms with E-state index in [1.54, 1.807) is 0 Å². The minimum atomic E-state index is -0.0111. The summed E-state index contributed by atoms with van der Waals surface area (Å²) in [6.07, 6.45) is 0. The molecular formula is C23H24N2O2S. The van der Waals surface area contributed by atoms with Crippen LogP contribution in [0.15, 0.2) is 72.1 Å². The van der Waals surface area contributed by atoms with Crippen LogP contribution in [0.25, 0.3) is 11.1 Å². The van der Waals surface area contributed by atoms with E-state index in [1.807, 2.05) is 47.8 Å². The molecule has 0 aliphatic carbocycles. The third-order valence-electron chi connectivity index (χ3n) is 5.08. The molecular weight excluding hydrogens is 368 g/mol. The molecule has 4 nitrogen and oxygen atoms in total. The second kappa shape index (κ2) is 9.15. The number of amides is 1. The van der Waals surface area contributed by atoms with Gasteiger partial charge in [-0.05, 0) is 22.6 Å². The van der Waals surface area contributed by atoms with Gasteiger partial charge in [-0.25, -0.2) is 0 Å². The van der Waals surface area contributed by atoms with Crippen LogP contribution in [-0.2, 0) is 4.74 Å². The van der Waals surface area contributed by atoms with Crippen LogP contribution in [-0.4, -0.2) is 43.7 Å². The highest BCUT2D eigenvalue weighted by Gasteiger charge is 2.24. The fourth-order valence-electron chi connectivity index (χ4n) is 3.62. The fraction of sp³-hybridized carbons (Fsp3) is 0.261. The molecule has 4 rings (SSSR count). The number of hydrogen-bond donors (Lipinski definition) is 1. The highest BCUT2D eigenvalue weighted by molar-refractivity contribution is 7.12. The molecule has 1 unspecified atom stereocenters. The molecule has 28 heavy (non-hydrogen) atoms. The molecule has 2 aromatic carbocycles. The van der Waals surface area contributed by atoms with Crippen molar-refractivity contribution in [3.8, 4) is 11.1 Å². The zero-order valence-electron chi connectivity index (χ0n) is 15.7. The van der Waals surface area contributed by atoms with Crippen molar-refractivity contribution >= 4 is 17.2 Å². The van der Waals surface area contributed by atoms with Gasteiger partial charge in [0.2, 0.25) is 0 Å². The molecule has 5 heteroatoms.